The summed E-state index contributed by atoms with van der Waals surface area (Å²) in [5, 5.41) is 11.5. The molecule has 2 atom stereocenters. The molecule has 12 heavy (non-hydrogen) atoms. The van der Waals surface area contributed by atoms with Gasteiger partial charge < -0.3 is 15.2 Å². The fraction of sp³-hybridized carbons (Fsp3) is 0.857. The van der Waals surface area contributed by atoms with Gasteiger partial charge in [0.05, 0.1) is 6.10 Å². The number of halogens is 1. The molecule has 0 aromatic carbocycles. The Morgan fingerprint density at radius 1 is 1.67 bits per heavy atom. The van der Waals surface area contributed by atoms with Crippen molar-refractivity contribution in [2.45, 2.75) is 25.0 Å². The monoisotopic (exact) mass is 195 g/mol. The number of aliphatic carboxylic acids is 1. The van der Waals surface area contributed by atoms with Crippen molar-refractivity contribution in [2.75, 3.05) is 13.7 Å². The highest BCUT2D eigenvalue weighted by molar-refractivity contribution is 5.85. The summed E-state index contributed by atoms with van der Waals surface area (Å²) >= 11 is 0. The van der Waals surface area contributed by atoms with Crippen molar-refractivity contribution in [1.82, 2.24) is 5.32 Å². The first-order valence-electron chi connectivity index (χ1n) is 3.73. The lowest BCUT2D eigenvalue weighted by molar-refractivity contribution is -0.141. The zero-order valence-corrected chi connectivity index (χ0v) is 7.76. The van der Waals surface area contributed by atoms with Crippen LogP contribution < -0.4 is 5.32 Å². The second-order valence-corrected chi connectivity index (χ2v) is 2.73. The highest BCUT2D eigenvalue weighted by atomic mass is 35.5. The summed E-state index contributed by atoms with van der Waals surface area (Å²) in [7, 11) is 1.62. The van der Waals surface area contributed by atoms with Crippen molar-refractivity contribution in [3.05, 3.63) is 0 Å². The van der Waals surface area contributed by atoms with Gasteiger partial charge in [-0.1, -0.05) is 0 Å². The predicted molar refractivity (Wildman–Crippen MR) is 46.7 cm³/mol. The van der Waals surface area contributed by atoms with Crippen LogP contribution in [-0.4, -0.2) is 36.9 Å². The van der Waals surface area contributed by atoms with Gasteiger partial charge in [0.25, 0.3) is 0 Å². The lowest BCUT2D eigenvalue weighted by Crippen LogP contribution is -2.45. The molecule has 0 aromatic rings. The number of carboxylic acids is 1. The molecule has 1 aliphatic heterocycles. The van der Waals surface area contributed by atoms with Crippen LogP contribution in [0, 0.1) is 0 Å². The average molecular weight is 196 g/mol. The molecule has 1 rings (SSSR count). The smallest absolute Gasteiger partial charge is 0.320 e. The zero-order valence-electron chi connectivity index (χ0n) is 6.95. The molecule has 0 aliphatic carbocycles. The Morgan fingerprint density at radius 2 is 2.33 bits per heavy atom. The van der Waals surface area contributed by atoms with E-state index >= 15 is 0 Å². The number of ether oxygens (including phenoxy) is 1. The third-order valence-corrected chi connectivity index (χ3v) is 1.99. The van der Waals surface area contributed by atoms with E-state index in [9.17, 15) is 4.79 Å². The van der Waals surface area contributed by atoms with Crippen LogP contribution in [0.1, 0.15) is 12.8 Å². The fourth-order valence-corrected chi connectivity index (χ4v) is 1.28. The Hall–Kier alpha value is -0.320. The van der Waals surface area contributed by atoms with Gasteiger partial charge in [0.2, 0.25) is 0 Å². The van der Waals surface area contributed by atoms with Crippen LogP contribution in [-0.2, 0) is 9.53 Å². The molecule has 0 amide bonds. The normalized spacial score (nSPS) is 29.1. The van der Waals surface area contributed by atoms with E-state index < -0.39 is 12.0 Å². The minimum Gasteiger partial charge on any atom is -0.480 e. The van der Waals surface area contributed by atoms with Crippen LogP contribution in [0.5, 0.6) is 0 Å². The van der Waals surface area contributed by atoms with Gasteiger partial charge in [-0.25, -0.2) is 0 Å². The molecule has 2 N–H and O–H groups in total. The van der Waals surface area contributed by atoms with Crippen molar-refractivity contribution in [3.8, 4) is 0 Å². The predicted octanol–water partition coefficient (Wildman–Crippen LogP) is 0.260. The van der Waals surface area contributed by atoms with Gasteiger partial charge in [-0.15, -0.1) is 12.4 Å². The van der Waals surface area contributed by atoms with Gasteiger partial charge in [0, 0.05) is 7.11 Å². The first-order chi connectivity index (χ1) is 5.24. The second-order valence-electron chi connectivity index (χ2n) is 2.73. The van der Waals surface area contributed by atoms with Gasteiger partial charge >= 0.3 is 5.97 Å². The number of carboxylic acid groups (broad SMARTS) is 1. The van der Waals surface area contributed by atoms with E-state index in [1.54, 1.807) is 7.11 Å². The summed E-state index contributed by atoms with van der Waals surface area (Å²) in [6.07, 6.45) is 1.59. The highest BCUT2D eigenvalue weighted by Crippen LogP contribution is 2.11. The third kappa shape index (κ3) is 2.97. The SMILES string of the molecule is CO[C@H]1CCN[C@H](C(=O)O)C1.Cl. The van der Waals surface area contributed by atoms with Gasteiger partial charge in [0.15, 0.2) is 0 Å². The van der Waals surface area contributed by atoms with Gasteiger partial charge in [-0.3, -0.25) is 4.79 Å². The Balaban J connectivity index is 0.00000121. The summed E-state index contributed by atoms with van der Waals surface area (Å²) in [6.45, 7) is 0.732. The number of piperidine rings is 1. The molecule has 0 bridgehead atoms. The van der Waals surface area contributed by atoms with E-state index in [1.165, 1.54) is 0 Å². The maximum atomic E-state index is 10.5. The lowest BCUT2D eigenvalue weighted by atomic mass is 10.0. The molecule has 0 unspecified atom stereocenters. The van der Waals surface area contributed by atoms with Crippen LogP contribution in [0.2, 0.25) is 0 Å². The molecule has 72 valence electrons. The second kappa shape index (κ2) is 5.35. The van der Waals surface area contributed by atoms with E-state index in [0.717, 1.165) is 13.0 Å². The van der Waals surface area contributed by atoms with Crippen molar-refractivity contribution in [2.24, 2.45) is 0 Å². The van der Waals surface area contributed by atoms with Gasteiger partial charge in [-0.05, 0) is 19.4 Å². The minimum atomic E-state index is -0.785. The van der Waals surface area contributed by atoms with E-state index in [2.05, 4.69) is 5.32 Å². The number of hydrogen-bond acceptors (Lipinski definition) is 3. The van der Waals surface area contributed by atoms with Gasteiger partial charge in [0.1, 0.15) is 6.04 Å². The summed E-state index contributed by atoms with van der Waals surface area (Å²) < 4.78 is 5.07. The quantitative estimate of drug-likeness (QED) is 0.664. The topological polar surface area (TPSA) is 58.6 Å². The van der Waals surface area contributed by atoms with Crippen LogP contribution in [0.15, 0.2) is 0 Å². The number of hydrogen-bond donors (Lipinski definition) is 2. The molecule has 0 aromatic heterocycles. The number of nitrogens with one attached hydrogen (secondary N) is 1. The molecule has 1 fully saturated rings. The van der Waals surface area contributed by atoms with E-state index in [1.807, 2.05) is 0 Å². The minimum absolute atomic E-state index is 0. The zero-order chi connectivity index (χ0) is 8.27. The first-order valence-corrected chi connectivity index (χ1v) is 3.73. The average Bonchev–Trinajstić information content (AvgIpc) is 2.05. The molecular formula is C7H14ClNO3. The molecule has 0 spiro atoms. The largest absolute Gasteiger partial charge is 0.480 e. The number of methoxy groups -OCH3 is 1. The third-order valence-electron chi connectivity index (χ3n) is 1.99. The molecular weight excluding hydrogens is 182 g/mol. The van der Waals surface area contributed by atoms with E-state index in [-0.39, 0.29) is 18.5 Å². The summed E-state index contributed by atoms with van der Waals surface area (Å²) in [4.78, 5) is 10.5. The van der Waals surface area contributed by atoms with Crippen LogP contribution in [0.4, 0.5) is 0 Å². The molecule has 5 heteroatoms. The van der Waals surface area contributed by atoms with E-state index in [0.29, 0.717) is 6.42 Å². The molecule has 0 saturated carbocycles. The summed E-state index contributed by atoms with van der Waals surface area (Å²) in [5.74, 6) is -0.785. The van der Waals surface area contributed by atoms with Crippen molar-refractivity contribution in [3.63, 3.8) is 0 Å². The van der Waals surface area contributed by atoms with Crippen molar-refractivity contribution in [1.29, 1.82) is 0 Å². The van der Waals surface area contributed by atoms with Crippen LogP contribution >= 0.6 is 12.4 Å². The van der Waals surface area contributed by atoms with Crippen molar-refractivity contribution >= 4 is 18.4 Å². The molecule has 1 heterocycles. The maximum Gasteiger partial charge on any atom is 0.320 e. The molecule has 1 aliphatic rings. The number of rotatable bonds is 2. The standard InChI is InChI=1S/C7H13NO3.ClH/c1-11-5-2-3-8-6(4-5)7(9)10;/h5-6,8H,2-4H2,1H3,(H,9,10);1H/t5-,6-;/m0./s1. The van der Waals surface area contributed by atoms with Crippen LogP contribution in [0.25, 0.3) is 0 Å². The Bertz CT molecular complexity index is 154. The molecule has 0 radical (unpaired) electrons. The fourth-order valence-electron chi connectivity index (χ4n) is 1.28. The lowest BCUT2D eigenvalue weighted by Gasteiger charge is -2.26. The van der Waals surface area contributed by atoms with Gasteiger partial charge in [-0.2, -0.15) is 0 Å². The highest BCUT2D eigenvalue weighted by Gasteiger charge is 2.25. The molecule has 1 saturated heterocycles. The van der Waals surface area contributed by atoms with Crippen molar-refractivity contribution < 1.29 is 14.6 Å². The first kappa shape index (κ1) is 11.7. The maximum absolute atomic E-state index is 10.5. The summed E-state index contributed by atoms with van der Waals surface area (Å²) in [6, 6.07) is -0.423. The Kier molecular flexibility index (Phi) is 5.20. The Labute approximate surface area is 77.7 Å². The van der Waals surface area contributed by atoms with E-state index in [4.69, 9.17) is 9.84 Å². The van der Waals surface area contributed by atoms with Crippen LogP contribution in [0.3, 0.4) is 0 Å². The Morgan fingerprint density at radius 3 is 2.83 bits per heavy atom. The summed E-state index contributed by atoms with van der Waals surface area (Å²) in [5.41, 5.74) is 0. The molecule has 4 nitrogen and oxygen atoms in total. The number of carbonyl (C=O) groups is 1.